The molecule has 0 radical (unpaired) electrons. The maximum atomic E-state index is 10.8. The van der Waals surface area contributed by atoms with E-state index in [2.05, 4.69) is 5.10 Å². The second-order valence-corrected chi connectivity index (χ2v) is 4.13. The molecule has 0 aromatic carbocycles. The van der Waals surface area contributed by atoms with Crippen molar-refractivity contribution in [3.8, 4) is 0 Å². The summed E-state index contributed by atoms with van der Waals surface area (Å²) in [5.74, 6) is 0.166. The number of rotatable bonds is 4. The zero-order valence-electron chi connectivity index (χ0n) is 8.60. The number of aromatic nitrogens is 2. The van der Waals surface area contributed by atoms with Crippen LogP contribution in [0.2, 0.25) is 0 Å². The lowest BCUT2D eigenvalue weighted by molar-refractivity contribution is -0.119. The SMILES string of the molecule is NC(=O)C(N)Cn1cc(C2CCC2)cn1. The van der Waals surface area contributed by atoms with Gasteiger partial charge >= 0.3 is 0 Å². The van der Waals surface area contributed by atoms with Crippen LogP contribution in [0.25, 0.3) is 0 Å². The van der Waals surface area contributed by atoms with Crippen LogP contribution >= 0.6 is 0 Å². The first kappa shape index (κ1) is 10.2. The molecular weight excluding hydrogens is 192 g/mol. The second-order valence-electron chi connectivity index (χ2n) is 4.13. The van der Waals surface area contributed by atoms with Gasteiger partial charge in [0.15, 0.2) is 0 Å². The fourth-order valence-corrected chi connectivity index (χ4v) is 1.72. The van der Waals surface area contributed by atoms with E-state index in [-0.39, 0.29) is 0 Å². The molecule has 1 aromatic heterocycles. The van der Waals surface area contributed by atoms with Gasteiger partial charge in [-0.2, -0.15) is 5.10 Å². The van der Waals surface area contributed by atoms with E-state index in [1.165, 1.54) is 24.8 Å². The molecule has 5 heteroatoms. The molecule has 5 nitrogen and oxygen atoms in total. The first-order chi connectivity index (χ1) is 7.16. The average Bonchev–Trinajstić information content (AvgIpc) is 2.49. The molecule has 0 aliphatic heterocycles. The van der Waals surface area contributed by atoms with Gasteiger partial charge in [0.1, 0.15) is 6.04 Å². The standard InChI is InChI=1S/C10H16N4O/c11-9(10(12)15)6-14-5-8(4-13-14)7-2-1-3-7/h4-5,7,9H,1-3,6,11H2,(H2,12,15). The number of hydrogen-bond donors (Lipinski definition) is 2. The Labute approximate surface area is 88.4 Å². The number of hydrogen-bond acceptors (Lipinski definition) is 3. The lowest BCUT2D eigenvalue weighted by Crippen LogP contribution is -2.39. The molecule has 1 unspecified atom stereocenters. The first-order valence-electron chi connectivity index (χ1n) is 5.24. The molecule has 0 spiro atoms. The third-order valence-corrected chi connectivity index (χ3v) is 2.98. The molecule has 1 aliphatic rings. The second kappa shape index (κ2) is 4.02. The van der Waals surface area contributed by atoms with Crippen LogP contribution in [0, 0.1) is 0 Å². The summed E-state index contributed by atoms with van der Waals surface area (Å²) in [7, 11) is 0. The fourth-order valence-electron chi connectivity index (χ4n) is 1.72. The van der Waals surface area contributed by atoms with E-state index in [9.17, 15) is 4.79 Å². The molecule has 4 N–H and O–H groups in total. The van der Waals surface area contributed by atoms with Crippen molar-refractivity contribution in [2.24, 2.45) is 11.5 Å². The number of carbonyl (C=O) groups excluding carboxylic acids is 1. The third-order valence-electron chi connectivity index (χ3n) is 2.98. The van der Waals surface area contributed by atoms with Crippen molar-refractivity contribution in [1.29, 1.82) is 0 Å². The maximum absolute atomic E-state index is 10.8. The Hall–Kier alpha value is -1.36. The monoisotopic (exact) mass is 208 g/mol. The molecule has 1 heterocycles. The quantitative estimate of drug-likeness (QED) is 0.728. The van der Waals surface area contributed by atoms with E-state index in [0.29, 0.717) is 12.5 Å². The van der Waals surface area contributed by atoms with Crippen molar-refractivity contribution in [2.75, 3.05) is 0 Å². The maximum Gasteiger partial charge on any atom is 0.236 e. The predicted octanol–water partition coefficient (Wildman–Crippen LogP) is -0.0368. The van der Waals surface area contributed by atoms with Crippen LogP contribution in [-0.2, 0) is 11.3 Å². The van der Waals surface area contributed by atoms with Crippen LogP contribution in [0.4, 0.5) is 0 Å². The van der Waals surface area contributed by atoms with Crippen LogP contribution in [-0.4, -0.2) is 21.7 Å². The van der Waals surface area contributed by atoms with Gasteiger partial charge in [-0.3, -0.25) is 9.48 Å². The van der Waals surface area contributed by atoms with Gasteiger partial charge in [0.2, 0.25) is 5.91 Å². The molecule has 1 aliphatic carbocycles. The fraction of sp³-hybridized carbons (Fsp3) is 0.600. The number of nitrogens with zero attached hydrogens (tertiary/aromatic N) is 2. The minimum absolute atomic E-state index is 0.363. The minimum Gasteiger partial charge on any atom is -0.368 e. The summed E-state index contributed by atoms with van der Waals surface area (Å²) in [6.07, 6.45) is 7.61. The number of carbonyl (C=O) groups is 1. The van der Waals surface area contributed by atoms with Crippen molar-refractivity contribution < 1.29 is 4.79 Å². The molecule has 1 aromatic rings. The van der Waals surface area contributed by atoms with Gasteiger partial charge in [0.25, 0.3) is 0 Å². The number of amides is 1. The molecule has 0 saturated heterocycles. The smallest absolute Gasteiger partial charge is 0.236 e. The summed E-state index contributed by atoms with van der Waals surface area (Å²) in [4.78, 5) is 10.8. The summed E-state index contributed by atoms with van der Waals surface area (Å²) >= 11 is 0. The summed E-state index contributed by atoms with van der Waals surface area (Å²) in [6, 6.07) is -0.654. The van der Waals surface area contributed by atoms with Crippen LogP contribution in [0.15, 0.2) is 12.4 Å². The zero-order chi connectivity index (χ0) is 10.8. The minimum atomic E-state index is -0.654. The van der Waals surface area contributed by atoms with Gasteiger partial charge in [-0.15, -0.1) is 0 Å². The topological polar surface area (TPSA) is 86.9 Å². The summed E-state index contributed by atoms with van der Waals surface area (Å²) in [5, 5.41) is 4.17. The van der Waals surface area contributed by atoms with Crippen molar-refractivity contribution in [2.45, 2.75) is 37.8 Å². The normalized spacial score (nSPS) is 18.5. The summed E-state index contributed by atoms with van der Waals surface area (Å²) < 4.78 is 1.70. The highest BCUT2D eigenvalue weighted by Gasteiger charge is 2.21. The van der Waals surface area contributed by atoms with Gasteiger partial charge < -0.3 is 11.5 Å². The van der Waals surface area contributed by atoms with Crippen LogP contribution in [0.5, 0.6) is 0 Å². The Morgan fingerprint density at radius 1 is 1.67 bits per heavy atom. The molecule has 82 valence electrons. The Kier molecular flexibility index (Phi) is 2.73. The molecule has 0 bridgehead atoms. The van der Waals surface area contributed by atoms with E-state index in [0.717, 1.165) is 0 Å². The van der Waals surface area contributed by atoms with Gasteiger partial charge in [0, 0.05) is 6.20 Å². The molecule has 2 rings (SSSR count). The van der Waals surface area contributed by atoms with Crippen molar-refractivity contribution in [1.82, 2.24) is 9.78 Å². The highest BCUT2D eigenvalue weighted by Crippen LogP contribution is 2.35. The highest BCUT2D eigenvalue weighted by atomic mass is 16.1. The van der Waals surface area contributed by atoms with Crippen LogP contribution in [0.1, 0.15) is 30.7 Å². The molecule has 1 atom stereocenters. The van der Waals surface area contributed by atoms with Gasteiger partial charge in [-0.25, -0.2) is 0 Å². The third kappa shape index (κ3) is 2.18. The van der Waals surface area contributed by atoms with Crippen LogP contribution in [0.3, 0.4) is 0 Å². The summed E-state index contributed by atoms with van der Waals surface area (Å²) in [5.41, 5.74) is 11.9. The van der Waals surface area contributed by atoms with Crippen molar-refractivity contribution >= 4 is 5.91 Å². The molecule has 15 heavy (non-hydrogen) atoms. The van der Waals surface area contributed by atoms with Gasteiger partial charge in [-0.05, 0) is 24.3 Å². The highest BCUT2D eigenvalue weighted by molar-refractivity contribution is 5.79. The Bertz CT molecular complexity index is 356. The number of primary amides is 1. The van der Waals surface area contributed by atoms with Gasteiger partial charge in [-0.1, -0.05) is 6.42 Å². The molecular formula is C10H16N4O. The summed E-state index contributed by atoms with van der Waals surface area (Å²) in [6.45, 7) is 0.363. The van der Waals surface area contributed by atoms with Crippen molar-refractivity contribution in [3.05, 3.63) is 18.0 Å². The molecule has 1 fully saturated rings. The predicted molar refractivity (Wildman–Crippen MR) is 56.0 cm³/mol. The van der Waals surface area contributed by atoms with E-state index in [1.807, 2.05) is 12.4 Å². The van der Waals surface area contributed by atoms with E-state index >= 15 is 0 Å². The first-order valence-corrected chi connectivity index (χ1v) is 5.24. The van der Waals surface area contributed by atoms with E-state index in [1.54, 1.807) is 4.68 Å². The van der Waals surface area contributed by atoms with E-state index < -0.39 is 11.9 Å². The van der Waals surface area contributed by atoms with Gasteiger partial charge in [0.05, 0.1) is 12.7 Å². The van der Waals surface area contributed by atoms with Crippen LogP contribution < -0.4 is 11.5 Å². The lowest BCUT2D eigenvalue weighted by atomic mass is 9.81. The Balaban J connectivity index is 1.97. The molecule has 1 saturated carbocycles. The largest absolute Gasteiger partial charge is 0.368 e. The Morgan fingerprint density at radius 3 is 2.93 bits per heavy atom. The van der Waals surface area contributed by atoms with Crippen molar-refractivity contribution in [3.63, 3.8) is 0 Å². The number of nitrogens with two attached hydrogens (primary N) is 2. The lowest BCUT2D eigenvalue weighted by Gasteiger charge is -2.23. The Morgan fingerprint density at radius 2 is 2.40 bits per heavy atom. The molecule has 1 amide bonds. The average molecular weight is 208 g/mol. The van der Waals surface area contributed by atoms with E-state index in [4.69, 9.17) is 11.5 Å². The zero-order valence-corrected chi connectivity index (χ0v) is 8.60.